The fourth-order valence-electron chi connectivity index (χ4n) is 3.57. The molecule has 0 aliphatic rings. The summed E-state index contributed by atoms with van der Waals surface area (Å²) in [7, 11) is 0. The van der Waals surface area contributed by atoms with Crippen LogP contribution in [-0.2, 0) is 11.0 Å². The lowest BCUT2D eigenvalue weighted by molar-refractivity contribution is -0.154. The van der Waals surface area contributed by atoms with Crippen LogP contribution in [0.1, 0.15) is 28.0 Å². The lowest BCUT2D eigenvalue weighted by Crippen LogP contribution is -2.15. The summed E-state index contributed by atoms with van der Waals surface area (Å²) in [4.78, 5) is 25.2. The topological polar surface area (TPSA) is 65.7 Å². The summed E-state index contributed by atoms with van der Waals surface area (Å²) in [5.41, 5.74) is 1.51. The van der Waals surface area contributed by atoms with Gasteiger partial charge in [-0.2, -0.15) is 13.2 Å². The van der Waals surface area contributed by atoms with Crippen LogP contribution in [0.3, 0.4) is 0 Å². The molecule has 1 heterocycles. The largest absolute Gasteiger partial charge is 0.453 e. The number of benzene rings is 3. The maximum absolute atomic E-state index is 13.9. The van der Waals surface area contributed by atoms with E-state index in [1.807, 2.05) is 31.2 Å². The Morgan fingerprint density at radius 3 is 2.22 bits per heavy atom. The fraction of sp³-hybridized carbons (Fsp3) is 0.143. The Balaban J connectivity index is 1.68. The van der Waals surface area contributed by atoms with E-state index in [1.54, 1.807) is 13.8 Å². The second kappa shape index (κ2) is 10.1. The predicted molar refractivity (Wildman–Crippen MR) is 134 cm³/mol. The van der Waals surface area contributed by atoms with E-state index in [1.165, 1.54) is 36.4 Å². The smallest absolute Gasteiger partial charge is 0.449 e. The van der Waals surface area contributed by atoms with Gasteiger partial charge in [0.05, 0.1) is 5.39 Å². The molecule has 0 saturated heterocycles. The SMILES string of the molecule is Cc1ccc(/C=C/C(=O)Oc2ccc3c(=O)c(Oc4cc(C)c(Cl)c(C)c4)c(C(F)(F)F)oc3c2)cc1. The van der Waals surface area contributed by atoms with E-state index in [2.05, 4.69) is 0 Å². The minimum Gasteiger partial charge on any atom is -0.449 e. The molecule has 0 aliphatic carbocycles. The van der Waals surface area contributed by atoms with Crippen molar-refractivity contribution < 1.29 is 31.9 Å². The van der Waals surface area contributed by atoms with Gasteiger partial charge >= 0.3 is 12.1 Å². The molecule has 0 bridgehead atoms. The molecular weight excluding hydrogens is 509 g/mol. The van der Waals surface area contributed by atoms with Crippen LogP contribution >= 0.6 is 11.6 Å². The number of rotatable bonds is 5. The summed E-state index contributed by atoms with van der Waals surface area (Å²) in [5, 5.41) is 0.255. The van der Waals surface area contributed by atoms with Gasteiger partial charge in [0.1, 0.15) is 17.1 Å². The van der Waals surface area contributed by atoms with Crippen molar-refractivity contribution in [2.75, 3.05) is 0 Å². The number of ether oxygens (including phenoxy) is 2. The third-order valence-corrected chi connectivity index (χ3v) is 6.01. The standard InChI is InChI=1S/C28H20ClF3O5/c1-15-4-6-18(7-5-15)8-11-23(33)35-19-9-10-21-22(14-19)37-27(28(30,31)32)26(25(21)34)36-20-12-16(2)24(29)17(3)13-20/h4-14H,1-3H3/b11-8+. The molecule has 0 amide bonds. The number of esters is 1. The van der Waals surface area contributed by atoms with Crippen LogP contribution < -0.4 is 14.9 Å². The zero-order valence-corrected chi connectivity index (χ0v) is 20.7. The molecule has 0 saturated carbocycles. The normalized spacial score (nSPS) is 11.8. The molecule has 37 heavy (non-hydrogen) atoms. The first-order chi connectivity index (χ1) is 17.4. The number of hydrogen-bond acceptors (Lipinski definition) is 5. The molecule has 9 heteroatoms. The van der Waals surface area contributed by atoms with E-state index in [0.717, 1.165) is 17.2 Å². The maximum Gasteiger partial charge on any atom is 0.453 e. The number of carbonyl (C=O) groups is 1. The zero-order chi connectivity index (χ0) is 26.9. The van der Waals surface area contributed by atoms with Gasteiger partial charge in [-0.25, -0.2) is 4.79 Å². The highest BCUT2D eigenvalue weighted by molar-refractivity contribution is 6.32. The Hall–Kier alpha value is -4.04. The van der Waals surface area contributed by atoms with Crippen LogP contribution in [0, 0.1) is 20.8 Å². The first-order valence-electron chi connectivity index (χ1n) is 11.0. The molecule has 0 N–H and O–H groups in total. The average molecular weight is 529 g/mol. The Kier molecular flexibility index (Phi) is 7.14. The van der Waals surface area contributed by atoms with Gasteiger partial charge in [-0.15, -0.1) is 0 Å². The quantitative estimate of drug-likeness (QED) is 0.150. The molecule has 0 atom stereocenters. The van der Waals surface area contributed by atoms with Crippen LogP contribution in [0.25, 0.3) is 17.0 Å². The summed E-state index contributed by atoms with van der Waals surface area (Å²) in [6.07, 6.45) is -2.32. The molecule has 0 fully saturated rings. The molecule has 0 radical (unpaired) electrons. The minimum atomic E-state index is -5.04. The highest BCUT2D eigenvalue weighted by Gasteiger charge is 2.40. The summed E-state index contributed by atoms with van der Waals surface area (Å²) in [5.74, 6) is -3.47. The Morgan fingerprint density at radius 1 is 0.946 bits per heavy atom. The molecule has 1 aromatic heterocycles. The van der Waals surface area contributed by atoms with Crippen LogP contribution in [0.2, 0.25) is 5.02 Å². The van der Waals surface area contributed by atoms with Crippen molar-refractivity contribution in [2.45, 2.75) is 26.9 Å². The number of halogens is 4. The number of carbonyl (C=O) groups excluding carboxylic acids is 1. The molecule has 0 aliphatic heterocycles. The van der Waals surface area contributed by atoms with Gasteiger partial charge in [0.25, 0.3) is 5.76 Å². The van der Waals surface area contributed by atoms with Crippen molar-refractivity contribution in [3.8, 4) is 17.2 Å². The highest BCUT2D eigenvalue weighted by atomic mass is 35.5. The van der Waals surface area contributed by atoms with Gasteiger partial charge in [0, 0.05) is 17.2 Å². The van der Waals surface area contributed by atoms with E-state index < -0.39 is 34.7 Å². The van der Waals surface area contributed by atoms with E-state index in [9.17, 15) is 22.8 Å². The lowest BCUT2D eigenvalue weighted by atomic mass is 10.1. The van der Waals surface area contributed by atoms with Gasteiger partial charge in [-0.1, -0.05) is 41.4 Å². The number of hydrogen-bond donors (Lipinski definition) is 0. The van der Waals surface area contributed by atoms with E-state index in [4.69, 9.17) is 25.5 Å². The monoisotopic (exact) mass is 528 g/mol. The minimum absolute atomic E-state index is 0.00228. The van der Waals surface area contributed by atoms with Crippen molar-refractivity contribution in [3.63, 3.8) is 0 Å². The second-order valence-corrected chi connectivity index (χ2v) is 8.76. The summed E-state index contributed by atoms with van der Waals surface area (Å²) >= 11 is 6.12. The zero-order valence-electron chi connectivity index (χ0n) is 19.9. The van der Waals surface area contributed by atoms with E-state index in [-0.39, 0.29) is 16.9 Å². The van der Waals surface area contributed by atoms with Crippen molar-refractivity contribution in [2.24, 2.45) is 0 Å². The third-order valence-electron chi connectivity index (χ3n) is 5.42. The average Bonchev–Trinajstić information content (AvgIpc) is 2.83. The molecule has 190 valence electrons. The van der Waals surface area contributed by atoms with Crippen LogP contribution in [0.15, 0.2) is 69.9 Å². The lowest BCUT2D eigenvalue weighted by Gasteiger charge is -2.14. The van der Waals surface area contributed by atoms with Crippen molar-refractivity contribution in [1.29, 1.82) is 0 Å². The van der Waals surface area contributed by atoms with Gasteiger partial charge in [0.15, 0.2) is 0 Å². The van der Waals surface area contributed by atoms with Crippen molar-refractivity contribution in [1.82, 2.24) is 0 Å². The Labute approximate surface area is 214 Å². The third kappa shape index (κ3) is 5.86. The Morgan fingerprint density at radius 2 is 1.59 bits per heavy atom. The number of aryl methyl sites for hydroxylation is 3. The van der Waals surface area contributed by atoms with Gasteiger partial charge < -0.3 is 13.9 Å². The number of fused-ring (bicyclic) bond motifs is 1. The molecule has 3 aromatic carbocycles. The maximum atomic E-state index is 13.9. The summed E-state index contributed by atoms with van der Waals surface area (Å²) < 4.78 is 57.2. The first-order valence-corrected chi connectivity index (χ1v) is 11.4. The van der Waals surface area contributed by atoms with Crippen LogP contribution in [-0.4, -0.2) is 5.97 Å². The van der Waals surface area contributed by atoms with Crippen LogP contribution in [0.4, 0.5) is 13.2 Å². The molecule has 0 spiro atoms. The summed E-state index contributed by atoms with van der Waals surface area (Å²) in [6, 6.07) is 13.8. The molecule has 5 nitrogen and oxygen atoms in total. The van der Waals surface area contributed by atoms with Gasteiger partial charge in [0.2, 0.25) is 11.2 Å². The van der Waals surface area contributed by atoms with Crippen molar-refractivity contribution >= 4 is 34.6 Å². The second-order valence-electron chi connectivity index (χ2n) is 8.38. The van der Waals surface area contributed by atoms with Crippen molar-refractivity contribution in [3.05, 3.63) is 104 Å². The number of alkyl halides is 3. The van der Waals surface area contributed by atoms with E-state index >= 15 is 0 Å². The first kappa shape index (κ1) is 26.0. The van der Waals surface area contributed by atoms with Crippen LogP contribution in [0.5, 0.6) is 17.2 Å². The van der Waals surface area contributed by atoms with Gasteiger partial charge in [-0.05, 0) is 67.8 Å². The molecule has 0 unspecified atom stereocenters. The molecular formula is C28H20ClF3O5. The fourth-order valence-corrected chi connectivity index (χ4v) is 3.68. The predicted octanol–water partition coefficient (Wildman–Crippen LogP) is 7.80. The molecule has 4 rings (SSSR count). The van der Waals surface area contributed by atoms with E-state index in [0.29, 0.717) is 16.1 Å². The van der Waals surface area contributed by atoms with Gasteiger partial charge in [-0.3, -0.25) is 4.79 Å². The molecule has 4 aromatic rings. The summed E-state index contributed by atoms with van der Waals surface area (Å²) in [6.45, 7) is 5.25. The Bertz CT molecular complexity index is 1560. The highest BCUT2D eigenvalue weighted by Crippen LogP contribution is 2.39.